The summed E-state index contributed by atoms with van der Waals surface area (Å²) < 4.78 is 38.6. The van der Waals surface area contributed by atoms with E-state index in [0.29, 0.717) is 12.2 Å². The number of methoxy groups -OCH3 is 2. The Morgan fingerprint density at radius 3 is 2.63 bits per heavy atom. The monoisotopic (exact) mass is 430 g/mol. The Morgan fingerprint density at radius 1 is 1.23 bits per heavy atom. The van der Waals surface area contributed by atoms with Crippen LogP contribution >= 0.6 is 0 Å². The minimum absolute atomic E-state index is 0.0493. The van der Waals surface area contributed by atoms with Crippen molar-refractivity contribution >= 4 is 21.7 Å². The number of sulfonamides is 1. The molecule has 0 saturated heterocycles. The number of carbonyl (C=O) groups excluding carboxylic acids is 1. The molecule has 1 aromatic carbocycles. The van der Waals surface area contributed by atoms with Crippen LogP contribution in [0.25, 0.3) is 0 Å². The molecule has 1 atom stereocenters. The highest BCUT2D eigenvalue weighted by Gasteiger charge is 2.33. The minimum atomic E-state index is -4.07. The molecule has 10 heteroatoms. The molecule has 9 nitrogen and oxygen atoms in total. The summed E-state index contributed by atoms with van der Waals surface area (Å²) >= 11 is 0. The largest absolute Gasteiger partial charge is 0.495 e. The molecule has 0 saturated carbocycles. The summed E-state index contributed by atoms with van der Waals surface area (Å²) in [5, 5.41) is 2.56. The van der Waals surface area contributed by atoms with E-state index in [9.17, 15) is 13.2 Å². The molecule has 0 radical (unpaired) electrons. The first-order valence-electron chi connectivity index (χ1n) is 9.08. The van der Waals surface area contributed by atoms with Crippen molar-refractivity contribution in [2.75, 3.05) is 26.1 Å². The lowest BCUT2D eigenvalue weighted by atomic mass is 10.1. The molecule has 1 amide bonds. The fraction of sp³-hybridized carbons (Fsp3) is 0.250. The third kappa shape index (κ3) is 4.84. The topological polar surface area (TPSA) is 111 Å². The molecule has 1 heterocycles. The van der Waals surface area contributed by atoms with Crippen LogP contribution in [0.2, 0.25) is 0 Å². The standard InChI is InChI=1S/C20H22N4O5S/c1-28-15-8-9-18(29-2)17(12-15)24(30(26,27)16-6-4-3-5-7-16)14-20(25)23-19-13-21-10-11-22-19/h3-7,9-13,15H,8,14H2,1-2H3,(H,22,23,25). The van der Waals surface area contributed by atoms with Crippen LogP contribution in [-0.2, 0) is 24.3 Å². The molecule has 158 valence electrons. The lowest BCUT2D eigenvalue weighted by molar-refractivity contribution is -0.116. The van der Waals surface area contributed by atoms with Gasteiger partial charge in [-0.2, -0.15) is 0 Å². The van der Waals surface area contributed by atoms with Crippen molar-refractivity contribution in [2.45, 2.75) is 17.4 Å². The van der Waals surface area contributed by atoms with Gasteiger partial charge in [-0.15, -0.1) is 0 Å². The third-order valence-corrected chi connectivity index (χ3v) is 6.15. The summed E-state index contributed by atoms with van der Waals surface area (Å²) in [5.41, 5.74) is 0.230. The number of aromatic nitrogens is 2. The van der Waals surface area contributed by atoms with Gasteiger partial charge in [0.05, 0.1) is 30.0 Å². The van der Waals surface area contributed by atoms with Crippen molar-refractivity contribution in [1.82, 2.24) is 14.3 Å². The van der Waals surface area contributed by atoms with E-state index in [0.717, 1.165) is 4.31 Å². The molecule has 30 heavy (non-hydrogen) atoms. The number of hydrogen-bond acceptors (Lipinski definition) is 7. The number of benzene rings is 1. The van der Waals surface area contributed by atoms with Crippen molar-refractivity contribution < 1.29 is 22.7 Å². The third-order valence-electron chi connectivity index (χ3n) is 4.37. The fourth-order valence-electron chi connectivity index (χ4n) is 2.91. The zero-order chi connectivity index (χ0) is 21.6. The first-order chi connectivity index (χ1) is 14.5. The van der Waals surface area contributed by atoms with Gasteiger partial charge in [0.25, 0.3) is 10.0 Å². The molecule has 1 aliphatic rings. The summed E-state index contributed by atoms with van der Waals surface area (Å²) in [4.78, 5) is 20.6. The highest BCUT2D eigenvalue weighted by Crippen LogP contribution is 2.29. The Hall–Kier alpha value is -3.24. The number of amides is 1. The van der Waals surface area contributed by atoms with E-state index in [2.05, 4.69) is 15.3 Å². The number of nitrogens with zero attached hydrogens (tertiary/aromatic N) is 3. The smallest absolute Gasteiger partial charge is 0.264 e. The predicted octanol–water partition coefficient (Wildman–Crippen LogP) is 1.94. The maximum Gasteiger partial charge on any atom is 0.264 e. The maximum atomic E-state index is 13.4. The van der Waals surface area contributed by atoms with Crippen LogP contribution in [0.3, 0.4) is 0 Å². The Bertz CT molecular complexity index is 1040. The lowest BCUT2D eigenvalue weighted by Gasteiger charge is -2.30. The molecule has 1 N–H and O–H groups in total. The summed E-state index contributed by atoms with van der Waals surface area (Å²) in [5.74, 6) is -0.0181. The second-order valence-electron chi connectivity index (χ2n) is 6.30. The van der Waals surface area contributed by atoms with Crippen LogP contribution < -0.4 is 5.32 Å². The predicted molar refractivity (Wildman–Crippen MR) is 110 cm³/mol. The zero-order valence-corrected chi connectivity index (χ0v) is 17.4. The van der Waals surface area contributed by atoms with Crippen LogP contribution in [0.15, 0.2) is 77.4 Å². The molecular formula is C20H22N4O5S. The van der Waals surface area contributed by atoms with Crippen molar-refractivity contribution in [3.63, 3.8) is 0 Å². The molecule has 0 fully saturated rings. The maximum absolute atomic E-state index is 13.4. The fourth-order valence-corrected chi connectivity index (χ4v) is 4.36. The normalized spacial score (nSPS) is 16.3. The van der Waals surface area contributed by atoms with E-state index in [-0.39, 0.29) is 22.5 Å². The number of ether oxygens (including phenoxy) is 2. The van der Waals surface area contributed by atoms with Crippen LogP contribution in [0.1, 0.15) is 6.42 Å². The van der Waals surface area contributed by atoms with E-state index in [1.54, 1.807) is 30.4 Å². The molecule has 0 aliphatic heterocycles. The van der Waals surface area contributed by atoms with Crippen LogP contribution in [-0.4, -0.2) is 55.5 Å². The number of nitrogens with one attached hydrogen (secondary N) is 1. The number of hydrogen-bond donors (Lipinski definition) is 1. The quantitative estimate of drug-likeness (QED) is 0.681. The average molecular weight is 430 g/mol. The minimum Gasteiger partial charge on any atom is -0.495 e. The molecule has 1 aliphatic carbocycles. The van der Waals surface area contributed by atoms with Gasteiger partial charge in [0, 0.05) is 19.5 Å². The average Bonchev–Trinajstić information content (AvgIpc) is 2.78. The van der Waals surface area contributed by atoms with Crippen LogP contribution in [0.4, 0.5) is 5.82 Å². The van der Waals surface area contributed by atoms with Gasteiger partial charge in [-0.3, -0.25) is 14.1 Å². The van der Waals surface area contributed by atoms with Gasteiger partial charge in [0.1, 0.15) is 12.3 Å². The Balaban J connectivity index is 1.99. The number of carbonyl (C=O) groups is 1. The second kappa shape index (κ2) is 9.51. The number of rotatable bonds is 8. The zero-order valence-electron chi connectivity index (χ0n) is 16.6. The highest BCUT2D eigenvalue weighted by molar-refractivity contribution is 7.89. The molecule has 1 aromatic heterocycles. The molecule has 1 unspecified atom stereocenters. The lowest BCUT2D eigenvalue weighted by Crippen LogP contribution is -2.39. The van der Waals surface area contributed by atoms with Gasteiger partial charge in [-0.05, 0) is 30.7 Å². The van der Waals surface area contributed by atoms with Gasteiger partial charge >= 0.3 is 0 Å². The first kappa shape index (κ1) is 21.5. The van der Waals surface area contributed by atoms with Gasteiger partial charge < -0.3 is 14.8 Å². The number of anilines is 1. The molecule has 0 spiro atoms. The van der Waals surface area contributed by atoms with Crippen molar-refractivity contribution in [1.29, 1.82) is 0 Å². The van der Waals surface area contributed by atoms with E-state index in [4.69, 9.17) is 9.47 Å². The summed E-state index contributed by atoms with van der Waals surface area (Å²) in [6.45, 7) is -0.489. The molecule has 0 bridgehead atoms. The molecule has 2 aromatic rings. The summed E-state index contributed by atoms with van der Waals surface area (Å²) in [6, 6.07) is 7.88. The van der Waals surface area contributed by atoms with Crippen LogP contribution in [0.5, 0.6) is 0 Å². The summed E-state index contributed by atoms with van der Waals surface area (Å²) in [6.07, 6.45) is 7.80. The van der Waals surface area contributed by atoms with Gasteiger partial charge in [0.2, 0.25) is 5.91 Å². The first-order valence-corrected chi connectivity index (χ1v) is 10.5. The van der Waals surface area contributed by atoms with Gasteiger partial charge in [0.15, 0.2) is 5.82 Å². The summed E-state index contributed by atoms with van der Waals surface area (Å²) in [7, 11) is -1.10. The van der Waals surface area contributed by atoms with Crippen LogP contribution in [0, 0.1) is 0 Å². The van der Waals surface area contributed by atoms with Crippen molar-refractivity contribution in [2.24, 2.45) is 0 Å². The van der Waals surface area contributed by atoms with Gasteiger partial charge in [-0.25, -0.2) is 13.4 Å². The molecule has 3 rings (SSSR count). The molecular weight excluding hydrogens is 408 g/mol. The van der Waals surface area contributed by atoms with Crippen molar-refractivity contribution in [3.8, 4) is 0 Å². The Kier molecular flexibility index (Phi) is 6.80. The van der Waals surface area contributed by atoms with Crippen molar-refractivity contribution in [3.05, 3.63) is 72.5 Å². The van der Waals surface area contributed by atoms with E-state index >= 15 is 0 Å². The van der Waals surface area contributed by atoms with E-state index < -0.39 is 22.5 Å². The van der Waals surface area contributed by atoms with E-state index in [1.165, 1.54) is 44.9 Å². The SMILES string of the molecule is COC1=CCC(OC)C=C1N(CC(=O)Nc1cnccn1)S(=O)(=O)c1ccccc1. The van der Waals surface area contributed by atoms with Gasteiger partial charge in [-0.1, -0.05) is 18.2 Å². The van der Waals surface area contributed by atoms with E-state index in [1.807, 2.05) is 0 Å². The highest BCUT2D eigenvalue weighted by atomic mass is 32.2. The Labute approximate surface area is 175 Å². The second-order valence-corrected chi connectivity index (χ2v) is 8.16. The Morgan fingerprint density at radius 2 is 2.00 bits per heavy atom.